The summed E-state index contributed by atoms with van der Waals surface area (Å²) in [4.78, 5) is 2.34. The second-order valence-electron chi connectivity index (χ2n) is 4.52. The van der Waals surface area contributed by atoms with Crippen molar-refractivity contribution in [2.45, 2.75) is 0 Å². The number of ether oxygens (including phenoxy) is 3. The first-order chi connectivity index (χ1) is 9.29. The van der Waals surface area contributed by atoms with E-state index in [1.807, 2.05) is 18.2 Å². The van der Waals surface area contributed by atoms with Crippen LogP contribution in [-0.2, 0) is 9.47 Å². The van der Waals surface area contributed by atoms with Crippen LogP contribution in [0.5, 0.6) is 5.75 Å². The van der Waals surface area contributed by atoms with E-state index in [0.29, 0.717) is 6.61 Å². The summed E-state index contributed by atoms with van der Waals surface area (Å²) in [6.45, 7) is 10.8. The second kappa shape index (κ2) is 7.48. The Kier molecular flexibility index (Phi) is 5.63. The van der Waals surface area contributed by atoms with Gasteiger partial charge in [-0.15, -0.1) is 0 Å². The lowest BCUT2D eigenvalue weighted by Crippen LogP contribution is -2.38. The van der Waals surface area contributed by atoms with Gasteiger partial charge in [0.25, 0.3) is 0 Å². The molecule has 1 aromatic carbocycles. The van der Waals surface area contributed by atoms with Crippen LogP contribution in [0.3, 0.4) is 0 Å². The largest absolute Gasteiger partial charge is 0.496 e. The van der Waals surface area contributed by atoms with Gasteiger partial charge in [0.15, 0.2) is 0 Å². The summed E-state index contributed by atoms with van der Waals surface area (Å²) in [6.07, 6.45) is 0. The average Bonchev–Trinajstić information content (AvgIpc) is 2.46. The van der Waals surface area contributed by atoms with Gasteiger partial charge in [0.2, 0.25) is 0 Å². The van der Waals surface area contributed by atoms with E-state index >= 15 is 0 Å². The Hall–Kier alpha value is -1.10. The molecule has 1 fully saturated rings. The molecule has 4 nitrogen and oxygen atoms in total. The number of benzene rings is 1. The van der Waals surface area contributed by atoms with Gasteiger partial charge < -0.3 is 14.2 Å². The second-order valence-corrected chi connectivity index (χ2v) is 4.52. The first-order valence-electron chi connectivity index (χ1n) is 6.54. The van der Waals surface area contributed by atoms with Gasteiger partial charge in [0, 0.05) is 25.2 Å². The number of nitrogens with zero attached hydrogens (tertiary/aromatic N) is 1. The summed E-state index contributed by atoms with van der Waals surface area (Å²) in [7, 11) is 1.65. The Balaban J connectivity index is 1.73. The molecule has 1 aromatic rings. The average molecular weight is 263 g/mol. The maximum Gasteiger partial charge on any atom is 0.125 e. The van der Waals surface area contributed by atoms with Crippen LogP contribution in [0.15, 0.2) is 18.2 Å². The van der Waals surface area contributed by atoms with Crippen molar-refractivity contribution in [3.05, 3.63) is 42.9 Å². The number of rotatable bonds is 6. The summed E-state index contributed by atoms with van der Waals surface area (Å²) in [5.74, 6) is 0.791. The zero-order valence-electron chi connectivity index (χ0n) is 11.4. The minimum Gasteiger partial charge on any atom is -0.496 e. The van der Waals surface area contributed by atoms with Gasteiger partial charge in [-0.2, -0.15) is 0 Å². The van der Waals surface area contributed by atoms with E-state index < -0.39 is 0 Å². The first kappa shape index (κ1) is 14.3. The lowest BCUT2D eigenvalue weighted by molar-refractivity contribution is 0.0273. The predicted octanol–water partition coefficient (Wildman–Crippen LogP) is 1.74. The maximum atomic E-state index is 5.60. The van der Waals surface area contributed by atoms with Gasteiger partial charge in [0.05, 0.1) is 26.9 Å². The molecule has 104 valence electrons. The fourth-order valence-corrected chi connectivity index (χ4v) is 2.01. The van der Waals surface area contributed by atoms with Gasteiger partial charge in [0.1, 0.15) is 12.4 Å². The molecule has 0 bridgehead atoms. The Morgan fingerprint density at radius 3 is 2.89 bits per heavy atom. The smallest absolute Gasteiger partial charge is 0.125 e. The van der Waals surface area contributed by atoms with E-state index in [1.54, 1.807) is 13.7 Å². The summed E-state index contributed by atoms with van der Waals surface area (Å²) >= 11 is 0. The molecule has 1 aliphatic heterocycles. The van der Waals surface area contributed by atoms with E-state index in [0.717, 1.165) is 49.7 Å². The fraction of sp³-hybridized carbons (Fsp3) is 0.467. The van der Waals surface area contributed by atoms with E-state index in [2.05, 4.69) is 11.8 Å². The molecule has 0 aromatic heterocycles. The first-order valence-corrected chi connectivity index (χ1v) is 6.54. The minimum absolute atomic E-state index is 0.676. The molecule has 2 radical (unpaired) electrons. The summed E-state index contributed by atoms with van der Waals surface area (Å²) < 4.78 is 16.2. The summed E-state index contributed by atoms with van der Waals surface area (Å²) in [6, 6.07) is 5.80. The molecular formula is C15H21NO3. The van der Waals surface area contributed by atoms with Crippen molar-refractivity contribution in [3.8, 4) is 5.75 Å². The number of methoxy groups -OCH3 is 1. The molecule has 1 aliphatic rings. The molecule has 0 N–H and O–H groups in total. The molecule has 2 rings (SSSR count). The van der Waals surface area contributed by atoms with Crippen molar-refractivity contribution in [2.24, 2.45) is 0 Å². The molecular weight excluding hydrogens is 242 g/mol. The van der Waals surface area contributed by atoms with E-state index in [-0.39, 0.29) is 0 Å². The minimum atomic E-state index is 0.676. The zero-order valence-corrected chi connectivity index (χ0v) is 11.4. The Morgan fingerprint density at radius 2 is 2.16 bits per heavy atom. The van der Waals surface area contributed by atoms with Crippen LogP contribution in [0, 0.1) is 13.5 Å². The third-order valence-electron chi connectivity index (χ3n) is 3.14. The van der Waals surface area contributed by atoms with E-state index in [4.69, 9.17) is 14.2 Å². The highest BCUT2D eigenvalue weighted by atomic mass is 16.5. The van der Waals surface area contributed by atoms with Crippen molar-refractivity contribution >= 4 is 0 Å². The molecule has 0 atom stereocenters. The van der Waals surface area contributed by atoms with Gasteiger partial charge in [-0.3, -0.25) is 4.90 Å². The van der Waals surface area contributed by atoms with Crippen LogP contribution in [0.25, 0.3) is 0 Å². The van der Waals surface area contributed by atoms with E-state index in [1.165, 1.54) is 0 Å². The van der Waals surface area contributed by atoms with Crippen LogP contribution in [0.4, 0.5) is 0 Å². The Morgan fingerprint density at radius 1 is 1.37 bits per heavy atom. The number of hydrogen-bond acceptors (Lipinski definition) is 4. The summed E-state index contributed by atoms with van der Waals surface area (Å²) in [5.41, 5.74) is 1.87. The highest BCUT2D eigenvalue weighted by Gasteiger charge is 2.10. The lowest BCUT2D eigenvalue weighted by atomic mass is 10.1. The van der Waals surface area contributed by atoms with Crippen molar-refractivity contribution in [1.29, 1.82) is 0 Å². The van der Waals surface area contributed by atoms with Crippen LogP contribution in [-0.4, -0.2) is 51.5 Å². The topological polar surface area (TPSA) is 30.9 Å². The number of hydrogen-bond donors (Lipinski definition) is 0. The van der Waals surface area contributed by atoms with Gasteiger partial charge in [-0.1, -0.05) is 12.1 Å². The molecule has 1 heterocycles. The standard InChI is InChI=1S/C15H21NO3/c1-13-3-4-14(15(11-13)17-2)12-19-10-7-16-5-8-18-9-6-16/h3-4,11-12H,1,5-10H2,2H3. The zero-order chi connectivity index (χ0) is 13.5. The third kappa shape index (κ3) is 4.49. The molecule has 0 amide bonds. The molecule has 0 aliphatic carbocycles. The van der Waals surface area contributed by atoms with E-state index in [9.17, 15) is 0 Å². The summed E-state index contributed by atoms with van der Waals surface area (Å²) in [5, 5.41) is 0. The van der Waals surface area contributed by atoms with Crippen molar-refractivity contribution in [1.82, 2.24) is 4.90 Å². The molecule has 0 saturated carbocycles. The third-order valence-corrected chi connectivity index (χ3v) is 3.14. The molecule has 0 spiro atoms. The van der Waals surface area contributed by atoms with Crippen LogP contribution >= 0.6 is 0 Å². The normalized spacial score (nSPS) is 16.5. The molecule has 1 saturated heterocycles. The highest BCUT2D eigenvalue weighted by Crippen LogP contribution is 2.21. The lowest BCUT2D eigenvalue weighted by Gasteiger charge is -2.26. The maximum absolute atomic E-state index is 5.60. The van der Waals surface area contributed by atoms with Gasteiger partial charge in [-0.25, -0.2) is 0 Å². The number of morpholine rings is 1. The monoisotopic (exact) mass is 263 g/mol. The molecule has 19 heavy (non-hydrogen) atoms. The van der Waals surface area contributed by atoms with Crippen molar-refractivity contribution in [2.75, 3.05) is 46.6 Å². The molecule has 0 unspecified atom stereocenters. The van der Waals surface area contributed by atoms with Gasteiger partial charge >= 0.3 is 0 Å². The molecule has 4 heteroatoms. The van der Waals surface area contributed by atoms with Crippen LogP contribution in [0.2, 0.25) is 0 Å². The Bertz CT molecular complexity index is 389. The van der Waals surface area contributed by atoms with Crippen molar-refractivity contribution < 1.29 is 14.2 Å². The van der Waals surface area contributed by atoms with Gasteiger partial charge in [-0.05, 0) is 18.6 Å². The van der Waals surface area contributed by atoms with Crippen LogP contribution in [0.1, 0.15) is 11.1 Å². The van der Waals surface area contributed by atoms with Crippen molar-refractivity contribution in [3.63, 3.8) is 0 Å². The SMILES string of the molecule is [CH2]c1ccc([CH]OCCN2CCOCC2)c(OC)c1. The predicted molar refractivity (Wildman–Crippen MR) is 74.1 cm³/mol. The quantitative estimate of drug-likeness (QED) is 0.732. The Labute approximate surface area is 115 Å². The van der Waals surface area contributed by atoms with Crippen LogP contribution < -0.4 is 4.74 Å². The fourth-order valence-electron chi connectivity index (χ4n) is 2.01. The highest BCUT2D eigenvalue weighted by molar-refractivity contribution is 5.41.